The molecule has 0 amide bonds. The molecule has 2 N–H and O–H groups in total. The van der Waals surface area contributed by atoms with Gasteiger partial charge in [-0.15, -0.1) is 0 Å². The van der Waals surface area contributed by atoms with Crippen LogP contribution in [0.1, 0.15) is 19.4 Å². The second-order valence-corrected chi connectivity index (χ2v) is 3.67. The zero-order valence-corrected chi connectivity index (χ0v) is 8.37. The van der Waals surface area contributed by atoms with Gasteiger partial charge in [-0.2, -0.15) is 0 Å². The highest BCUT2D eigenvalue weighted by Crippen LogP contribution is 2.23. The van der Waals surface area contributed by atoms with Gasteiger partial charge in [-0.05, 0) is 11.6 Å². The molecule has 0 fully saturated rings. The molecule has 0 saturated carbocycles. The largest absolute Gasteiger partial charge is 0.481 e. The van der Waals surface area contributed by atoms with E-state index in [9.17, 15) is 0 Å². The van der Waals surface area contributed by atoms with E-state index in [-0.39, 0.29) is 5.41 Å². The minimum atomic E-state index is -0.0176. The third-order valence-electron chi connectivity index (χ3n) is 2.24. The molecule has 13 heavy (non-hydrogen) atoms. The van der Waals surface area contributed by atoms with Gasteiger partial charge in [0.15, 0.2) is 0 Å². The van der Waals surface area contributed by atoms with Crippen molar-refractivity contribution in [3.8, 4) is 5.88 Å². The van der Waals surface area contributed by atoms with Crippen molar-refractivity contribution in [2.75, 3.05) is 13.7 Å². The predicted molar refractivity (Wildman–Crippen MR) is 52.9 cm³/mol. The summed E-state index contributed by atoms with van der Waals surface area (Å²) in [6.07, 6.45) is 1.74. The average molecular weight is 180 g/mol. The van der Waals surface area contributed by atoms with Gasteiger partial charge in [-0.25, -0.2) is 4.98 Å². The van der Waals surface area contributed by atoms with Crippen molar-refractivity contribution in [3.05, 3.63) is 23.9 Å². The zero-order valence-electron chi connectivity index (χ0n) is 8.37. The summed E-state index contributed by atoms with van der Waals surface area (Å²) in [7, 11) is 1.61. The van der Waals surface area contributed by atoms with Crippen LogP contribution < -0.4 is 10.5 Å². The lowest BCUT2D eigenvalue weighted by molar-refractivity contribution is 0.395. The first-order chi connectivity index (χ1) is 6.10. The van der Waals surface area contributed by atoms with Crippen molar-refractivity contribution in [2.24, 2.45) is 5.73 Å². The fourth-order valence-electron chi connectivity index (χ4n) is 1.06. The van der Waals surface area contributed by atoms with Crippen molar-refractivity contribution in [3.63, 3.8) is 0 Å². The summed E-state index contributed by atoms with van der Waals surface area (Å²) < 4.78 is 5.04. The second kappa shape index (κ2) is 3.75. The lowest BCUT2D eigenvalue weighted by Gasteiger charge is -2.22. The van der Waals surface area contributed by atoms with E-state index < -0.39 is 0 Å². The first kappa shape index (κ1) is 9.99. The third kappa shape index (κ3) is 2.18. The van der Waals surface area contributed by atoms with E-state index in [1.807, 2.05) is 12.1 Å². The number of rotatable bonds is 3. The van der Waals surface area contributed by atoms with E-state index in [0.717, 1.165) is 5.56 Å². The lowest BCUT2D eigenvalue weighted by Crippen LogP contribution is -2.28. The van der Waals surface area contributed by atoms with E-state index in [2.05, 4.69) is 18.8 Å². The van der Waals surface area contributed by atoms with E-state index in [0.29, 0.717) is 12.4 Å². The Morgan fingerprint density at radius 2 is 2.23 bits per heavy atom. The Labute approximate surface area is 78.9 Å². The summed E-state index contributed by atoms with van der Waals surface area (Å²) in [6, 6.07) is 3.89. The number of pyridine rings is 1. The second-order valence-electron chi connectivity index (χ2n) is 3.67. The van der Waals surface area contributed by atoms with Crippen LogP contribution in [0, 0.1) is 0 Å². The van der Waals surface area contributed by atoms with Gasteiger partial charge in [-0.1, -0.05) is 13.8 Å². The first-order valence-electron chi connectivity index (χ1n) is 4.31. The van der Waals surface area contributed by atoms with Crippen LogP contribution in [0.2, 0.25) is 0 Å². The van der Waals surface area contributed by atoms with Gasteiger partial charge in [0, 0.05) is 24.2 Å². The van der Waals surface area contributed by atoms with Gasteiger partial charge in [-0.3, -0.25) is 0 Å². The molecule has 0 radical (unpaired) electrons. The van der Waals surface area contributed by atoms with Crippen LogP contribution in [0.5, 0.6) is 5.88 Å². The molecule has 0 saturated heterocycles. The molecule has 0 aliphatic heterocycles. The van der Waals surface area contributed by atoms with Crippen LogP contribution in [0.15, 0.2) is 18.3 Å². The molecule has 72 valence electrons. The molecule has 0 spiro atoms. The van der Waals surface area contributed by atoms with Gasteiger partial charge in [0.05, 0.1) is 7.11 Å². The van der Waals surface area contributed by atoms with Gasteiger partial charge >= 0.3 is 0 Å². The van der Waals surface area contributed by atoms with Gasteiger partial charge < -0.3 is 10.5 Å². The number of methoxy groups -OCH3 is 1. The van der Waals surface area contributed by atoms with Crippen LogP contribution in [-0.4, -0.2) is 18.6 Å². The molecule has 0 aromatic carbocycles. The maximum Gasteiger partial charge on any atom is 0.213 e. The smallest absolute Gasteiger partial charge is 0.213 e. The molecule has 0 bridgehead atoms. The topological polar surface area (TPSA) is 48.1 Å². The summed E-state index contributed by atoms with van der Waals surface area (Å²) in [4.78, 5) is 4.04. The van der Waals surface area contributed by atoms with E-state index >= 15 is 0 Å². The molecular weight excluding hydrogens is 164 g/mol. The molecule has 1 rings (SSSR count). The minimum absolute atomic E-state index is 0.0176. The molecule has 0 atom stereocenters. The lowest BCUT2D eigenvalue weighted by atomic mass is 9.85. The molecule has 1 aromatic heterocycles. The highest BCUT2D eigenvalue weighted by molar-refractivity contribution is 5.27. The number of nitrogens with two attached hydrogens (primary N) is 1. The summed E-state index contributed by atoms with van der Waals surface area (Å²) >= 11 is 0. The summed E-state index contributed by atoms with van der Waals surface area (Å²) in [5.41, 5.74) is 6.81. The highest BCUT2D eigenvalue weighted by Gasteiger charge is 2.18. The molecule has 3 nitrogen and oxygen atoms in total. The van der Waals surface area contributed by atoms with Crippen molar-refractivity contribution in [2.45, 2.75) is 19.3 Å². The van der Waals surface area contributed by atoms with E-state index in [4.69, 9.17) is 10.5 Å². The Kier molecular flexibility index (Phi) is 2.88. The van der Waals surface area contributed by atoms with E-state index in [1.54, 1.807) is 13.3 Å². The van der Waals surface area contributed by atoms with Crippen molar-refractivity contribution in [1.29, 1.82) is 0 Å². The maximum atomic E-state index is 5.67. The maximum absolute atomic E-state index is 5.67. The van der Waals surface area contributed by atoms with Crippen LogP contribution >= 0.6 is 0 Å². The van der Waals surface area contributed by atoms with E-state index in [1.165, 1.54) is 0 Å². The fraction of sp³-hybridized carbons (Fsp3) is 0.500. The van der Waals surface area contributed by atoms with Crippen LogP contribution in [-0.2, 0) is 5.41 Å². The third-order valence-corrected chi connectivity index (χ3v) is 2.24. The average Bonchev–Trinajstić information content (AvgIpc) is 2.18. The molecular formula is C10H16N2O. The van der Waals surface area contributed by atoms with Crippen molar-refractivity contribution >= 4 is 0 Å². The molecule has 1 heterocycles. The Morgan fingerprint density at radius 1 is 1.54 bits per heavy atom. The predicted octanol–water partition coefficient (Wildman–Crippen LogP) is 1.33. The zero-order chi connectivity index (χ0) is 9.90. The minimum Gasteiger partial charge on any atom is -0.481 e. The Balaban J connectivity index is 3.01. The molecule has 1 aromatic rings. The number of hydrogen-bond donors (Lipinski definition) is 1. The molecule has 0 unspecified atom stereocenters. The first-order valence-corrected chi connectivity index (χ1v) is 4.31. The molecule has 3 heteroatoms. The normalized spacial score (nSPS) is 11.4. The fourth-order valence-corrected chi connectivity index (χ4v) is 1.06. The Morgan fingerprint density at radius 3 is 2.77 bits per heavy atom. The standard InChI is InChI=1S/C10H16N2O/c1-10(2,7-11)8-4-5-12-9(6-8)13-3/h4-6H,7,11H2,1-3H3. The van der Waals surface area contributed by atoms with Crippen molar-refractivity contribution < 1.29 is 4.74 Å². The van der Waals surface area contributed by atoms with Gasteiger partial charge in [0.2, 0.25) is 5.88 Å². The molecule has 0 aliphatic rings. The summed E-state index contributed by atoms with van der Waals surface area (Å²) in [5, 5.41) is 0. The highest BCUT2D eigenvalue weighted by atomic mass is 16.5. The summed E-state index contributed by atoms with van der Waals surface area (Å²) in [5.74, 6) is 0.638. The van der Waals surface area contributed by atoms with Crippen molar-refractivity contribution in [1.82, 2.24) is 4.98 Å². The van der Waals surface area contributed by atoms with Gasteiger partial charge in [0.25, 0.3) is 0 Å². The molecule has 0 aliphatic carbocycles. The number of ether oxygens (including phenoxy) is 1. The monoisotopic (exact) mass is 180 g/mol. The SMILES string of the molecule is COc1cc(C(C)(C)CN)ccn1. The van der Waals surface area contributed by atoms with Crippen LogP contribution in [0.3, 0.4) is 0 Å². The summed E-state index contributed by atoms with van der Waals surface area (Å²) in [6.45, 7) is 4.81. The Hall–Kier alpha value is -1.09. The van der Waals surface area contributed by atoms with Gasteiger partial charge in [0.1, 0.15) is 0 Å². The number of hydrogen-bond acceptors (Lipinski definition) is 3. The quantitative estimate of drug-likeness (QED) is 0.763. The van der Waals surface area contributed by atoms with Crippen LogP contribution in [0.4, 0.5) is 0 Å². The number of nitrogens with zero attached hydrogens (tertiary/aromatic N) is 1. The van der Waals surface area contributed by atoms with Crippen LogP contribution in [0.25, 0.3) is 0 Å². The number of aromatic nitrogens is 1. The Bertz CT molecular complexity index is 284.